The predicted molar refractivity (Wildman–Crippen MR) is 124 cm³/mol. The molecule has 0 fully saturated rings. The van der Waals surface area contributed by atoms with Gasteiger partial charge in [0, 0.05) is 6.20 Å². The summed E-state index contributed by atoms with van der Waals surface area (Å²) >= 11 is 1.59. The van der Waals surface area contributed by atoms with E-state index in [0.717, 1.165) is 10.1 Å². The molecular weight excluding hydrogens is 386 g/mol. The summed E-state index contributed by atoms with van der Waals surface area (Å²) in [4.78, 5) is 4.46. The van der Waals surface area contributed by atoms with Gasteiger partial charge in [-0.15, -0.1) is 0 Å². The number of pyridine rings is 1. The molecule has 0 amide bonds. The molecule has 0 saturated heterocycles. The van der Waals surface area contributed by atoms with Crippen molar-refractivity contribution in [1.82, 2.24) is 4.98 Å². The molecule has 3 nitrogen and oxygen atoms in total. The topological polar surface area (TPSA) is 31.4 Å². The number of rotatable bonds is 7. The van der Waals surface area contributed by atoms with Gasteiger partial charge in [-0.1, -0.05) is 47.6 Å². The van der Waals surface area contributed by atoms with Gasteiger partial charge in [0.15, 0.2) is 8.32 Å². The van der Waals surface area contributed by atoms with Crippen LogP contribution in [0.15, 0.2) is 40.6 Å². The van der Waals surface area contributed by atoms with Crippen LogP contribution in [-0.2, 0) is 8.85 Å². The van der Waals surface area contributed by atoms with Crippen molar-refractivity contribution in [3.63, 3.8) is 0 Å². The van der Waals surface area contributed by atoms with Crippen LogP contribution >= 0.6 is 11.8 Å². The molecule has 1 rings (SSSR count). The molecule has 1 aromatic rings. The molecule has 154 valence electrons. The second-order valence-electron chi connectivity index (χ2n) is 10.2. The monoisotopic (exact) mass is 425 g/mol. The zero-order chi connectivity index (χ0) is 21.1. The summed E-state index contributed by atoms with van der Waals surface area (Å²) in [7, 11) is -3.78. The van der Waals surface area contributed by atoms with E-state index in [-0.39, 0.29) is 16.2 Å². The zero-order valence-electron chi connectivity index (χ0n) is 19.1. The molecule has 0 radical (unpaired) electrons. The lowest BCUT2D eigenvalue weighted by Gasteiger charge is -2.39. The van der Waals surface area contributed by atoms with Crippen molar-refractivity contribution in [2.75, 3.05) is 0 Å². The van der Waals surface area contributed by atoms with Gasteiger partial charge < -0.3 is 8.85 Å². The first-order valence-electron chi connectivity index (χ1n) is 9.73. The van der Waals surface area contributed by atoms with E-state index >= 15 is 0 Å². The largest absolute Gasteiger partial charge is 0.539 e. The minimum atomic E-state index is -1.95. The molecule has 0 aliphatic carbocycles. The fraction of sp³-hybridized carbons (Fsp3) is 0.667. The summed E-state index contributed by atoms with van der Waals surface area (Å²) < 4.78 is 13.2. The molecule has 27 heavy (non-hydrogen) atoms. The molecule has 0 unspecified atom stereocenters. The first kappa shape index (κ1) is 24.5. The second kappa shape index (κ2) is 8.84. The Bertz CT molecular complexity index is 632. The number of thioether (sulfide) groups is 1. The molecule has 6 heteroatoms. The van der Waals surface area contributed by atoms with Gasteiger partial charge in [0.1, 0.15) is 10.1 Å². The molecular formula is C21H39NO2SSi2. The van der Waals surface area contributed by atoms with Gasteiger partial charge in [-0.2, -0.15) is 0 Å². The van der Waals surface area contributed by atoms with Crippen molar-refractivity contribution < 1.29 is 8.85 Å². The van der Waals surface area contributed by atoms with Crippen LogP contribution < -0.4 is 0 Å². The van der Waals surface area contributed by atoms with Crippen molar-refractivity contribution in [2.24, 2.45) is 0 Å². The molecule has 0 aliphatic heterocycles. The third-order valence-corrected chi connectivity index (χ3v) is 15.6. The third-order valence-electron chi connectivity index (χ3n) is 5.66. The van der Waals surface area contributed by atoms with Crippen LogP contribution in [0, 0.1) is 0 Å². The first-order valence-corrected chi connectivity index (χ1v) is 16.4. The Morgan fingerprint density at radius 2 is 1.56 bits per heavy atom. The number of hydrogen-bond acceptors (Lipinski definition) is 4. The summed E-state index contributed by atoms with van der Waals surface area (Å²) in [6, 6.07) is 5.97. The highest BCUT2D eigenvalue weighted by molar-refractivity contribution is 8.02. The molecule has 1 heterocycles. The Labute approximate surface area is 173 Å². The van der Waals surface area contributed by atoms with Crippen LogP contribution in [0.2, 0.25) is 36.3 Å². The Morgan fingerprint density at radius 1 is 1.00 bits per heavy atom. The van der Waals surface area contributed by atoms with Crippen LogP contribution in [0.25, 0.3) is 0 Å². The van der Waals surface area contributed by atoms with Crippen LogP contribution in [0.3, 0.4) is 0 Å². The second-order valence-corrected chi connectivity index (χ2v) is 20.7. The minimum Gasteiger partial charge on any atom is -0.539 e. The van der Waals surface area contributed by atoms with Gasteiger partial charge >= 0.3 is 0 Å². The quantitative estimate of drug-likeness (QED) is 0.258. The Kier molecular flexibility index (Phi) is 8.02. The maximum absolute atomic E-state index is 6.64. The Hall–Kier alpha value is -0.566. The molecule has 1 aromatic heterocycles. The lowest BCUT2D eigenvalue weighted by molar-refractivity contribution is 0.239. The van der Waals surface area contributed by atoms with E-state index in [9.17, 15) is 0 Å². The molecule has 0 bridgehead atoms. The summed E-state index contributed by atoms with van der Waals surface area (Å²) in [5, 5.41) is 2.18. The molecule has 0 aromatic carbocycles. The maximum Gasteiger partial charge on any atom is 0.251 e. The number of hydrogen-bond donors (Lipinski definition) is 0. The summed E-state index contributed by atoms with van der Waals surface area (Å²) in [5.41, 5.74) is 0. The van der Waals surface area contributed by atoms with Crippen molar-refractivity contribution in [3.05, 3.63) is 35.6 Å². The molecule has 0 spiro atoms. The summed E-state index contributed by atoms with van der Waals surface area (Å²) in [6.45, 7) is 24.8. The van der Waals surface area contributed by atoms with E-state index in [2.05, 4.69) is 85.7 Å². The van der Waals surface area contributed by atoms with Gasteiger partial charge in [0.2, 0.25) is 0 Å². The van der Waals surface area contributed by atoms with E-state index in [0.29, 0.717) is 0 Å². The van der Waals surface area contributed by atoms with Gasteiger partial charge in [0.25, 0.3) is 8.32 Å². The highest BCUT2D eigenvalue weighted by Crippen LogP contribution is 2.41. The average Bonchev–Trinajstić information content (AvgIpc) is 2.44. The third kappa shape index (κ3) is 7.40. The van der Waals surface area contributed by atoms with E-state index in [1.54, 1.807) is 11.8 Å². The molecule has 0 saturated carbocycles. The van der Waals surface area contributed by atoms with E-state index in [1.165, 1.54) is 0 Å². The van der Waals surface area contributed by atoms with Crippen molar-refractivity contribution in [2.45, 2.75) is 95.9 Å². The fourth-order valence-corrected chi connectivity index (χ4v) is 5.62. The van der Waals surface area contributed by atoms with Crippen LogP contribution in [0.1, 0.15) is 48.5 Å². The van der Waals surface area contributed by atoms with Crippen LogP contribution in [0.4, 0.5) is 0 Å². The Balaban J connectivity index is 3.11. The van der Waals surface area contributed by atoms with Gasteiger partial charge in [-0.3, -0.25) is 0 Å². The highest BCUT2D eigenvalue weighted by atomic mass is 32.2. The predicted octanol–water partition coefficient (Wildman–Crippen LogP) is 7.45. The number of aromatic nitrogens is 1. The van der Waals surface area contributed by atoms with Crippen LogP contribution in [0.5, 0.6) is 0 Å². The van der Waals surface area contributed by atoms with Crippen molar-refractivity contribution in [3.8, 4) is 0 Å². The summed E-state index contributed by atoms with van der Waals surface area (Å²) in [5.74, 6) is 0. The average molecular weight is 426 g/mol. The fourth-order valence-electron chi connectivity index (χ4n) is 1.87. The first-order chi connectivity index (χ1) is 12.1. The number of nitrogens with zero attached hydrogens (tertiary/aromatic N) is 1. The lowest BCUT2D eigenvalue weighted by Crippen LogP contribution is -2.43. The zero-order valence-corrected chi connectivity index (χ0v) is 22.0. The van der Waals surface area contributed by atoms with Crippen molar-refractivity contribution in [1.29, 1.82) is 0 Å². The van der Waals surface area contributed by atoms with Crippen molar-refractivity contribution >= 4 is 28.4 Å². The van der Waals surface area contributed by atoms with E-state index < -0.39 is 16.6 Å². The summed E-state index contributed by atoms with van der Waals surface area (Å²) in [6.07, 6.45) is 3.96. The highest BCUT2D eigenvalue weighted by Gasteiger charge is 2.40. The lowest BCUT2D eigenvalue weighted by atomic mass is 10.2. The van der Waals surface area contributed by atoms with Crippen LogP contribution in [-0.4, -0.2) is 27.7 Å². The van der Waals surface area contributed by atoms with Gasteiger partial charge in [-0.05, 0) is 73.2 Å². The normalized spacial score (nSPS) is 15.6. The standard InChI is InChI=1S/C21H39NO2SSi2/c1-17(23-26(8,9)20(2,3)4)16-19(24-27(10,11)21(5,6)7)25-18-14-12-13-15-22-18/h12-17H,1-11H3/b19-16+/t17-/m1/s1. The maximum atomic E-state index is 6.64. The molecule has 0 aliphatic rings. The van der Waals surface area contributed by atoms with E-state index in [4.69, 9.17) is 8.85 Å². The van der Waals surface area contributed by atoms with Gasteiger partial charge in [0.05, 0.1) is 6.10 Å². The Morgan fingerprint density at radius 3 is 2.00 bits per heavy atom. The minimum absolute atomic E-state index is 0.00173. The molecule has 0 N–H and O–H groups in total. The SMILES string of the molecule is C[C@H](/C=C(\O[Si](C)(C)C(C)(C)C)Sc1ccccn1)O[Si](C)(C)C(C)(C)C. The van der Waals surface area contributed by atoms with E-state index in [1.807, 2.05) is 24.4 Å². The smallest absolute Gasteiger partial charge is 0.251 e. The van der Waals surface area contributed by atoms with Gasteiger partial charge in [-0.25, -0.2) is 4.98 Å². The molecule has 1 atom stereocenters.